The maximum Gasteiger partial charge on any atom is 0.134 e. The van der Waals surface area contributed by atoms with E-state index in [2.05, 4.69) is 6.07 Å². The molecule has 1 unspecified atom stereocenters. The number of nitrogens with two attached hydrogens (primary N) is 1. The third-order valence-corrected chi connectivity index (χ3v) is 3.95. The molecular formula is C10H11NOS2. The van der Waals surface area contributed by atoms with Crippen LogP contribution >= 0.6 is 22.7 Å². The van der Waals surface area contributed by atoms with Crippen LogP contribution in [0.5, 0.6) is 5.75 Å². The van der Waals surface area contributed by atoms with Gasteiger partial charge in [-0.05, 0) is 22.9 Å². The van der Waals surface area contributed by atoms with Crippen LogP contribution in [-0.2, 0) is 0 Å². The number of ether oxygens (including phenoxy) is 1. The number of hydrogen-bond acceptors (Lipinski definition) is 4. The van der Waals surface area contributed by atoms with E-state index in [1.807, 2.05) is 22.9 Å². The van der Waals surface area contributed by atoms with Crippen molar-refractivity contribution >= 4 is 22.7 Å². The minimum absolute atomic E-state index is 0.0510. The van der Waals surface area contributed by atoms with E-state index in [0.717, 1.165) is 10.6 Å². The summed E-state index contributed by atoms with van der Waals surface area (Å²) in [6.07, 6.45) is 0. The van der Waals surface area contributed by atoms with Gasteiger partial charge in [-0.3, -0.25) is 0 Å². The SMILES string of the molecule is COc1ccsc1C(N)c1cccs1. The quantitative estimate of drug-likeness (QED) is 0.871. The molecule has 0 spiro atoms. The maximum absolute atomic E-state index is 6.12. The molecule has 2 aromatic rings. The topological polar surface area (TPSA) is 35.2 Å². The molecule has 0 aliphatic heterocycles. The molecule has 2 heterocycles. The third-order valence-electron chi connectivity index (χ3n) is 2.01. The van der Waals surface area contributed by atoms with E-state index < -0.39 is 0 Å². The molecule has 2 aromatic heterocycles. The molecule has 0 aliphatic rings. The van der Waals surface area contributed by atoms with Gasteiger partial charge in [0.1, 0.15) is 5.75 Å². The molecule has 2 N–H and O–H groups in total. The summed E-state index contributed by atoms with van der Waals surface area (Å²) in [5.74, 6) is 0.885. The maximum atomic E-state index is 6.12. The Balaban J connectivity index is 2.31. The van der Waals surface area contributed by atoms with Crippen LogP contribution in [0.3, 0.4) is 0 Å². The second kappa shape index (κ2) is 4.13. The van der Waals surface area contributed by atoms with Crippen LogP contribution in [-0.4, -0.2) is 7.11 Å². The monoisotopic (exact) mass is 225 g/mol. The van der Waals surface area contributed by atoms with Gasteiger partial charge >= 0.3 is 0 Å². The van der Waals surface area contributed by atoms with Gasteiger partial charge in [-0.2, -0.15) is 0 Å². The molecule has 0 bridgehead atoms. The number of hydrogen-bond donors (Lipinski definition) is 1. The first-order valence-electron chi connectivity index (χ1n) is 4.23. The fourth-order valence-electron chi connectivity index (χ4n) is 1.30. The molecule has 0 aromatic carbocycles. The first kappa shape index (κ1) is 9.71. The first-order valence-corrected chi connectivity index (χ1v) is 5.99. The summed E-state index contributed by atoms with van der Waals surface area (Å²) in [6, 6.07) is 5.96. The Hall–Kier alpha value is -0.840. The number of methoxy groups -OCH3 is 1. The van der Waals surface area contributed by atoms with Crippen molar-refractivity contribution in [3.8, 4) is 5.75 Å². The smallest absolute Gasteiger partial charge is 0.134 e. The lowest BCUT2D eigenvalue weighted by Crippen LogP contribution is -2.09. The molecule has 0 aliphatic carbocycles. The molecule has 2 nitrogen and oxygen atoms in total. The van der Waals surface area contributed by atoms with Gasteiger partial charge < -0.3 is 10.5 Å². The van der Waals surface area contributed by atoms with Gasteiger partial charge in [-0.15, -0.1) is 22.7 Å². The van der Waals surface area contributed by atoms with Crippen molar-refractivity contribution < 1.29 is 4.74 Å². The molecule has 2 rings (SSSR count). The summed E-state index contributed by atoms with van der Waals surface area (Å²) in [6.45, 7) is 0. The van der Waals surface area contributed by atoms with Crippen molar-refractivity contribution in [2.45, 2.75) is 6.04 Å². The van der Waals surface area contributed by atoms with Gasteiger partial charge in [-0.25, -0.2) is 0 Å². The molecule has 0 fully saturated rings. The molecule has 0 saturated heterocycles. The van der Waals surface area contributed by atoms with Crippen molar-refractivity contribution in [3.05, 3.63) is 38.7 Å². The van der Waals surface area contributed by atoms with Crippen molar-refractivity contribution in [3.63, 3.8) is 0 Å². The minimum atomic E-state index is -0.0510. The molecule has 0 saturated carbocycles. The zero-order valence-corrected chi connectivity index (χ0v) is 9.40. The second-order valence-electron chi connectivity index (χ2n) is 2.85. The Bertz CT molecular complexity index is 394. The van der Waals surface area contributed by atoms with E-state index in [4.69, 9.17) is 10.5 Å². The summed E-state index contributed by atoms with van der Waals surface area (Å²) >= 11 is 3.31. The van der Waals surface area contributed by atoms with Gasteiger partial charge in [0.2, 0.25) is 0 Å². The van der Waals surface area contributed by atoms with E-state index in [-0.39, 0.29) is 6.04 Å². The van der Waals surface area contributed by atoms with Crippen LogP contribution in [0.15, 0.2) is 29.0 Å². The minimum Gasteiger partial charge on any atom is -0.496 e. The van der Waals surface area contributed by atoms with E-state index in [9.17, 15) is 0 Å². The van der Waals surface area contributed by atoms with Crippen LogP contribution in [0.25, 0.3) is 0 Å². The normalized spacial score (nSPS) is 12.7. The third kappa shape index (κ3) is 1.68. The molecule has 74 valence electrons. The Kier molecular flexibility index (Phi) is 2.86. The van der Waals surface area contributed by atoms with Gasteiger partial charge in [0, 0.05) is 4.88 Å². The number of thiophene rings is 2. The fraction of sp³-hybridized carbons (Fsp3) is 0.200. The Morgan fingerprint density at radius 1 is 1.29 bits per heavy atom. The zero-order valence-electron chi connectivity index (χ0n) is 7.77. The molecule has 1 atom stereocenters. The lowest BCUT2D eigenvalue weighted by Gasteiger charge is -2.09. The molecule has 4 heteroatoms. The highest BCUT2D eigenvalue weighted by Crippen LogP contribution is 2.34. The summed E-state index contributed by atoms with van der Waals surface area (Å²) in [7, 11) is 1.67. The van der Waals surface area contributed by atoms with Crippen LogP contribution in [0.2, 0.25) is 0 Å². The molecule has 0 amide bonds. The van der Waals surface area contributed by atoms with Crippen LogP contribution in [0.1, 0.15) is 15.8 Å². The van der Waals surface area contributed by atoms with E-state index >= 15 is 0 Å². The van der Waals surface area contributed by atoms with Crippen molar-refractivity contribution in [1.82, 2.24) is 0 Å². The van der Waals surface area contributed by atoms with Gasteiger partial charge in [0.25, 0.3) is 0 Å². The van der Waals surface area contributed by atoms with Gasteiger partial charge in [0.05, 0.1) is 18.0 Å². The number of rotatable bonds is 3. The Morgan fingerprint density at radius 2 is 2.14 bits per heavy atom. The fourth-order valence-corrected chi connectivity index (χ4v) is 2.99. The molecule has 0 radical (unpaired) electrons. The van der Waals surface area contributed by atoms with Crippen LogP contribution in [0.4, 0.5) is 0 Å². The van der Waals surface area contributed by atoms with Crippen molar-refractivity contribution in [2.75, 3.05) is 7.11 Å². The lowest BCUT2D eigenvalue weighted by atomic mass is 10.2. The molecular weight excluding hydrogens is 214 g/mol. The summed E-state index contributed by atoms with van der Waals surface area (Å²) in [5.41, 5.74) is 6.12. The highest BCUT2D eigenvalue weighted by molar-refractivity contribution is 7.11. The predicted octanol–water partition coefficient (Wildman–Crippen LogP) is 2.87. The first-order chi connectivity index (χ1) is 6.83. The zero-order chi connectivity index (χ0) is 9.97. The summed E-state index contributed by atoms with van der Waals surface area (Å²) < 4.78 is 5.24. The Labute approximate surface area is 91.0 Å². The Morgan fingerprint density at radius 3 is 2.79 bits per heavy atom. The highest BCUT2D eigenvalue weighted by Gasteiger charge is 2.15. The largest absolute Gasteiger partial charge is 0.496 e. The lowest BCUT2D eigenvalue weighted by molar-refractivity contribution is 0.411. The van der Waals surface area contributed by atoms with E-state index in [1.165, 1.54) is 4.88 Å². The van der Waals surface area contributed by atoms with E-state index in [0.29, 0.717) is 0 Å². The van der Waals surface area contributed by atoms with Crippen molar-refractivity contribution in [2.24, 2.45) is 5.73 Å². The van der Waals surface area contributed by atoms with Crippen molar-refractivity contribution in [1.29, 1.82) is 0 Å². The van der Waals surface area contributed by atoms with Gasteiger partial charge in [0.15, 0.2) is 0 Å². The van der Waals surface area contributed by atoms with E-state index in [1.54, 1.807) is 29.8 Å². The summed E-state index contributed by atoms with van der Waals surface area (Å²) in [5, 5.41) is 4.04. The highest BCUT2D eigenvalue weighted by atomic mass is 32.1. The predicted molar refractivity (Wildman–Crippen MR) is 61.2 cm³/mol. The second-order valence-corrected chi connectivity index (χ2v) is 4.77. The standard InChI is InChI=1S/C10H11NOS2/c1-12-7-4-6-14-10(7)9(11)8-3-2-5-13-8/h2-6,9H,11H2,1H3. The molecule has 14 heavy (non-hydrogen) atoms. The van der Waals surface area contributed by atoms with Crippen LogP contribution in [0, 0.1) is 0 Å². The summed E-state index contributed by atoms with van der Waals surface area (Å²) in [4.78, 5) is 2.26. The van der Waals surface area contributed by atoms with Crippen LogP contribution < -0.4 is 10.5 Å². The van der Waals surface area contributed by atoms with Gasteiger partial charge in [-0.1, -0.05) is 6.07 Å². The average Bonchev–Trinajstić information content (AvgIpc) is 2.87. The average molecular weight is 225 g/mol.